The number of thiazole rings is 1. The van der Waals surface area contributed by atoms with E-state index >= 15 is 0 Å². The molecule has 8 heteroatoms. The summed E-state index contributed by atoms with van der Waals surface area (Å²) in [6.07, 6.45) is 0. The van der Waals surface area contributed by atoms with Gasteiger partial charge in [-0.25, -0.2) is 0 Å². The average Bonchev–Trinajstić information content (AvgIpc) is 3.08. The van der Waals surface area contributed by atoms with Crippen molar-refractivity contribution in [3.05, 3.63) is 63.2 Å². The van der Waals surface area contributed by atoms with E-state index in [-0.39, 0.29) is 11.2 Å². The highest BCUT2D eigenvalue weighted by Crippen LogP contribution is 2.33. The summed E-state index contributed by atoms with van der Waals surface area (Å²) >= 11 is 1.35. The SMILES string of the molecule is CCn1c(=NC(=O)c2cc(=O)c3ccccc3o2)sc2cc(OC)c(OC)cc21. The molecule has 2 aromatic carbocycles. The molecule has 0 saturated heterocycles. The Morgan fingerprint density at radius 2 is 1.86 bits per heavy atom. The third kappa shape index (κ3) is 3.31. The molecule has 0 fully saturated rings. The van der Waals surface area contributed by atoms with Crippen molar-refractivity contribution >= 4 is 38.4 Å². The van der Waals surface area contributed by atoms with Gasteiger partial charge in [0.25, 0.3) is 0 Å². The lowest BCUT2D eigenvalue weighted by atomic mass is 10.2. The Morgan fingerprint density at radius 3 is 2.59 bits per heavy atom. The molecule has 4 aromatic rings. The number of amides is 1. The highest BCUT2D eigenvalue weighted by atomic mass is 32.1. The second kappa shape index (κ2) is 7.56. The highest BCUT2D eigenvalue weighted by molar-refractivity contribution is 7.16. The molecule has 0 atom stereocenters. The van der Waals surface area contributed by atoms with Gasteiger partial charge < -0.3 is 18.5 Å². The largest absolute Gasteiger partial charge is 0.493 e. The van der Waals surface area contributed by atoms with E-state index in [1.807, 2.05) is 23.6 Å². The first-order valence-corrected chi connectivity index (χ1v) is 9.74. The number of aryl methyl sites for hydroxylation is 1. The van der Waals surface area contributed by atoms with Crippen molar-refractivity contribution in [3.63, 3.8) is 0 Å². The van der Waals surface area contributed by atoms with Gasteiger partial charge in [-0.15, -0.1) is 0 Å². The van der Waals surface area contributed by atoms with E-state index < -0.39 is 5.91 Å². The third-order valence-corrected chi connectivity index (χ3v) is 5.59. The maximum Gasteiger partial charge on any atom is 0.315 e. The van der Waals surface area contributed by atoms with Crippen LogP contribution in [0.15, 0.2) is 56.7 Å². The Bertz CT molecular complexity index is 1360. The summed E-state index contributed by atoms with van der Waals surface area (Å²) in [4.78, 5) is 29.7. The summed E-state index contributed by atoms with van der Waals surface area (Å²) in [6, 6.07) is 11.7. The van der Waals surface area contributed by atoms with Crippen LogP contribution in [0, 0.1) is 0 Å². The van der Waals surface area contributed by atoms with Gasteiger partial charge in [0.1, 0.15) is 5.58 Å². The zero-order valence-corrected chi connectivity index (χ0v) is 16.9. The first-order valence-electron chi connectivity index (χ1n) is 8.93. The summed E-state index contributed by atoms with van der Waals surface area (Å²) in [5.74, 6) is 0.491. The minimum atomic E-state index is -0.611. The van der Waals surface area contributed by atoms with E-state index in [4.69, 9.17) is 13.9 Å². The van der Waals surface area contributed by atoms with Crippen LogP contribution in [-0.2, 0) is 6.54 Å². The van der Waals surface area contributed by atoms with Crippen LogP contribution >= 0.6 is 11.3 Å². The molecule has 4 rings (SSSR count). The fourth-order valence-corrected chi connectivity index (χ4v) is 4.24. The maximum atomic E-state index is 12.7. The van der Waals surface area contributed by atoms with Crippen molar-refractivity contribution < 1.29 is 18.7 Å². The fraction of sp³-hybridized carbons (Fsp3) is 0.190. The minimum Gasteiger partial charge on any atom is -0.493 e. The molecule has 2 aromatic heterocycles. The van der Waals surface area contributed by atoms with Crippen molar-refractivity contribution in [3.8, 4) is 11.5 Å². The molecule has 2 heterocycles. The highest BCUT2D eigenvalue weighted by Gasteiger charge is 2.15. The monoisotopic (exact) mass is 410 g/mol. The van der Waals surface area contributed by atoms with E-state index in [1.165, 1.54) is 17.4 Å². The van der Waals surface area contributed by atoms with Crippen LogP contribution in [0.2, 0.25) is 0 Å². The first kappa shape index (κ1) is 18.9. The predicted molar refractivity (Wildman–Crippen MR) is 111 cm³/mol. The van der Waals surface area contributed by atoms with Crippen molar-refractivity contribution in [2.24, 2.45) is 4.99 Å². The Hall–Kier alpha value is -3.39. The number of fused-ring (bicyclic) bond motifs is 2. The average molecular weight is 410 g/mol. The van der Waals surface area contributed by atoms with Crippen molar-refractivity contribution in [2.45, 2.75) is 13.5 Å². The normalized spacial score (nSPS) is 11.9. The Kier molecular flexibility index (Phi) is 4.94. The van der Waals surface area contributed by atoms with E-state index in [2.05, 4.69) is 4.99 Å². The number of rotatable bonds is 4. The number of hydrogen-bond donors (Lipinski definition) is 0. The number of ether oxygens (including phenoxy) is 2. The second-order valence-electron chi connectivity index (χ2n) is 6.19. The van der Waals surface area contributed by atoms with E-state index in [9.17, 15) is 9.59 Å². The van der Waals surface area contributed by atoms with Gasteiger partial charge in [0.2, 0.25) is 0 Å². The molecule has 0 radical (unpaired) electrons. The molecule has 29 heavy (non-hydrogen) atoms. The van der Waals surface area contributed by atoms with Crippen LogP contribution in [-0.4, -0.2) is 24.7 Å². The minimum absolute atomic E-state index is 0.0935. The number of aromatic nitrogens is 1. The number of para-hydroxylation sites is 1. The number of nitrogens with zero attached hydrogens (tertiary/aromatic N) is 2. The van der Waals surface area contributed by atoms with Gasteiger partial charge in [-0.1, -0.05) is 23.5 Å². The van der Waals surface area contributed by atoms with Gasteiger partial charge in [-0.2, -0.15) is 4.99 Å². The van der Waals surface area contributed by atoms with Crippen LogP contribution in [0.3, 0.4) is 0 Å². The van der Waals surface area contributed by atoms with Gasteiger partial charge in [0.15, 0.2) is 27.5 Å². The van der Waals surface area contributed by atoms with E-state index in [1.54, 1.807) is 38.5 Å². The van der Waals surface area contributed by atoms with Crippen molar-refractivity contribution in [2.75, 3.05) is 14.2 Å². The zero-order valence-electron chi connectivity index (χ0n) is 16.1. The molecular formula is C21H18N2O5S. The standard InChI is InChI=1S/C21H18N2O5S/c1-4-23-13-9-16(26-2)17(27-3)11-19(13)29-21(23)22-20(25)18-10-14(24)12-7-5-6-8-15(12)28-18/h5-11H,4H2,1-3H3. The lowest BCUT2D eigenvalue weighted by Gasteiger charge is -2.08. The molecule has 0 unspecified atom stereocenters. The molecule has 1 amide bonds. The van der Waals surface area contributed by atoms with Gasteiger partial charge in [0, 0.05) is 24.7 Å². The third-order valence-electron chi connectivity index (χ3n) is 4.55. The number of carbonyl (C=O) groups excluding carboxylic acids is 1. The van der Waals surface area contributed by atoms with Crippen LogP contribution in [0.25, 0.3) is 21.2 Å². The molecule has 0 aliphatic heterocycles. The number of carbonyl (C=O) groups is 1. The molecule has 0 bridgehead atoms. The molecule has 0 aliphatic carbocycles. The summed E-state index contributed by atoms with van der Waals surface area (Å²) in [6.45, 7) is 2.56. The predicted octanol–water partition coefficient (Wildman–Crippen LogP) is 3.59. The van der Waals surface area contributed by atoms with Crippen molar-refractivity contribution in [1.29, 1.82) is 0 Å². The summed E-state index contributed by atoms with van der Waals surface area (Å²) in [5, 5.41) is 0.425. The van der Waals surface area contributed by atoms with Gasteiger partial charge >= 0.3 is 5.91 Å². The van der Waals surface area contributed by atoms with Crippen LogP contribution in [0.4, 0.5) is 0 Å². The number of benzene rings is 2. The van der Waals surface area contributed by atoms with Crippen LogP contribution in [0.5, 0.6) is 11.5 Å². The number of methoxy groups -OCH3 is 2. The van der Waals surface area contributed by atoms with Gasteiger partial charge in [-0.05, 0) is 19.1 Å². The summed E-state index contributed by atoms with van der Waals surface area (Å²) in [7, 11) is 3.14. The van der Waals surface area contributed by atoms with Crippen LogP contribution < -0.4 is 19.7 Å². The zero-order chi connectivity index (χ0) is 20.5. The quantitative estimate of drug-likeness (QED) is 0.513. The van der Waals surface area contributed by atoms with Crippen molar-refractivity contribution in [1.82, 2.24) is 4.57 Å². The second-order valence-corrected chi connectivity index (χ2v) is 7.20. The lowest BCUT2D eigenvalue weighted by Crippen LogP contribution is -2.16. The molecular weight excluding hydrogens is 392 g/mol. The van der Waals surface area contributed by atoms with Crippen LogP contribution in [0.1, 0.15) is 17.5 Å². The summed E-state index contributed by atoms with van der Waals surface area (Å²) in [5.41, 5.74) is 0.953. The molecule has 0 saturated carbocycles. The fourth-order valence-electron chi connectivity index (χ4n) is 3.14. The molecule has 148 valence electrons. The molecule has 0 aliphatic rings. The Balaban J connectivity index is 1.87. The van der Waals surface area contributed by atoms with Gasteiger partial charge in [0.05, 0.1) is 29.8 Å². The van der Waals surface area contributed by atoms with E-state index in [0.29, 0.717) is 33.8 Å². The lowest BCUT2D eigenvalue weighted by molar-refractivity contribution is 0.0972. The smallest absolute Gasteiger partial charge is 0.315 e. The maximum absolute atomic E-state index is 12.7. The van der Waals surface area contributed by atoms with Gasteiger partial charge in [-0.3, -0.25) is 9.59 Å². The summed E-state index contributed by atoms with van der Waals surface area (Å²) < 4.78 is 19.1. The number of hydrogen-bond acceptors (Lipinski definition) is 6. The first-order chi connectivity index (χ1) is 14.0. The molecule has 0 spiro atoms. The topological polar surface area (TPSA) is 83.0 Å². The molecule has 7 nitrogen and oxygen atoms in total. The molecule has 0 N–H and O–H groups in total. The van der Waals surface area contributed by atoms with E-state index in [0.717, 1.165) is 10.2 Å². The Morgan fingerprint density at radius 1 is 1.14 bits per heavy atom. The Labute approximate surface area is 169 Å².